The molecular formula is PtRu3. The fourth-order valence-corrected chi connectivity index (χ4v) is 0. The van der Waals surface area contributed by atoms with Gasteiger partial charge in [0.25, 0.3) is 0 Å². The monoisotopic (exact) mass is 501 g/mol. The van der Waals surface area contributed by atoms with Crippen molar-refractivity contribution < 1.29 is 79.5 Å². The van der Waals surface area contributed by atoms with E-state index in [4.69, 9.17) is 0 Å². The van der Waals surface area contributed by atoms with E-state index in [9.17, 15) is 0 Å². The van der Waals surface area contributed by atoms with Crippen molar-refractivity contribution in [2.75, 3.05) is 0 Å². The minimum Gasteiger partial charge on any atom is 0 e. The molecule has 0 aliphatic rings. The van der Waals surface area contributed by atoms with Crippen molar-refractivity contribution in [3.63, 3.8) is 0 Å². The van der Waals surface area contributed by atoms with E-state index in [2.05, 4.69) is 0 Å². The van der Waals surface area contributed by atoms with Crippen LogP contribution in [0.3, 0.4) is 0 Å². The molecule has 4 heteroatoms. The van der Waals surface area contributed by atoms with E-state index in [1.165, 1.54) is 0 Å². The van der Waals surface area contributed by atoms with Crippen molar-refractivity contribution in [2.24, 2.45) is 0 Å². The Morgan fingerprint density at radius 3 is 0.500 bits per heavy atom. The summed E-state index contributed by atoms with van der Waals surface area (Å²) < 4.78 is 0. The van der Waals surface area contributed by atoms with Gasteiger partial charge < -0.3 is 0 Å². The molecule has 4 heavy (non-hydrogen) atoms. The molecule has 0 radical (unpaired) electrons. The fourth-order valence-electron chi connectivity index (χ4n) is 0. The first-order valence-electron chi connectivity index (χ1n) is 0. The van der Waals surface area contributed by atoms with Crippen molar-refractivity contribution in [3.05, 3.63) is 0 Å². The Kier molecular flexibility index (Phi) is 137. The molecule has 0 aliphatic carbocycles. The zero-order valence-corrected chi connectivity index (χ0v) is 8.86. The van der Waals surface area contributed by atoms with E-state index in [0.717, 1.165) is 0 Å². The summed E-state index contributed by atoms with van der Waals surface area (Å²) in [5.41, 5.74) is 0. The van der Waals surface area contributed by atoms with Gasteiger partial charge in [-0.2, -0.15) is 0 Å². The van der Waals surface area contributed by atoms with Crippen LogP contribution in [0.1, 0.15) is 0 Å². The van der Waals surface area contributed by atoms with Gasteiger partial charge in [0.15, 0.2) is 0 Å². The molecule has 0 aromatic carbocycles. The second-order valence-corrected chi connectivity index (χ2v) is 0. The molecule has 0 fully saturated rings. The standard InChI is InChI=1S/Pt.3Ru. The summed E-state index contributed by atoms with van der Waals surface area (Å²) in [5.74, 6) is 0. The molecule has 0 unspecified atom stereocenters. The third kappa shape index (κ3) is 8.82. The van der Waals surface area contributed by atoms with Crippen LogP contribution >= 0.6 is 0 Å². The molecule has 34 valence electrons. The largest absolute Gasteiger partial charge is 0 e. The Morgan fingerprint density at radius 1 is 0.500 bits per heavy atom. The topological polar surface area (TPSA) is 0 Å². The van der Waals surface area contributed by atoms with Crippen molar-refractivity contribution in [2.45, 2.75) is 0 Å². The smallest absolute Gasteiger partial charge is 0 e. The maximum Gasteiger partial charge on any atom is 0 e. The molecule has 0 N–H and O–H groups in total. The summed E-state index contributed by atoms with van der Waals surface area (Å²) >= 11 is 0. The number of hydrogen-bond donors (Lipinski definition) is 0. The van der Waals surface area contributed by atoms with Crippen molar-refractivity contribution >= 4 is 0 Å². The molecule has 0 saturated carbocycles. The first-order chi connectivity index (χ1) is 0. The summed E-state index contributed by atoms with van der Waals surface area (Å²) in [7, 11) is 0. The maximum absolute atomic E-state index is 0. The second kappa shape index (κ2) is 17.6. The van der Waals surface area contributed by atoms with E-state index in [-0.39, 0.29) is 79.5 Å². The average Bonchev–Trinajstić information content (AvgIpc) is 0. The first kappa shape index (κ1) is 31.0. The zero-order chi connectivity index (χ0) is 0. The minimum atomic E-state index is 0. The van der Waals surface area contributed by atoms with Crippen LogP contribution in [0.4, 0.5) is 0 Å². The zero-order valence-electron chi connectivity index (χ0n) is 1.38. The second-order valence-electron chi connectivity index (χ2n) is 0. The number of rotatable bonds is 0. The van der Waals surface area contributed by atoms with Gasteiger partial charge >= 0.3 is 0 Å². The molecule has 0 aliphatic heterocycles. The Labute approximate surface area is 78.4 Å². The van der Waals surface area contributed by atoms with E-state index in [1.807, 2.05) is 0 Å². The van der Waals surface area contributed by atoms with Gasteiger partial charge in [-0.15, -0.1) is 0 Å². The Hall–Kier alpha value is 2.56. The summed E-state index contributed by atoms with van der Waals surface area (Å²) in [5, 5.41) is 0. The molecule has 0 aromatic rings. The SMILES string of the molecule is [Pt].[Ru].[Ru].[Ru]. The summed E-state index contributed by atoms with van der Waals surface area (Å²) in [4.78, 5) is 0. The van der Waals surface area contributed by atoms with Crippen LogP contribution in [0.5, 0.6) is 0 Å². The summed E-state index contributed by atoms with van der Waals surface area (Å²) in [6.45, 7) is 0. The quantitative estimate of drug-likeness (QED) is 0.413. The van der Waals surface area contributed by atoms with E-state index in [0.29, 0.717) is 0 Å². The molecular weight excluding hydrogens is 498 g/mol. The van der Waals surface area contributed by atoms with E-state index < -0.39 is 0 Å². The third-order valence-corrected chi connectivity index (χ3v) is 0. The van der Waals surface area contributed by atoms with E-state index in [1.54, 1.807) is 0 Å². The van der Waals surface area contributed by atoms with Gasteiger partial charge in [0.2, 0.25) is 0 Å². The van der Waals surface area contributed by atoms with Crippen LogP contribution in [-0.2, 0) is 79.5 Å². The Bertz CT molecular complexity index is 3.25. The molecule has 0 bridgehead atoms. The molecule has 0 aromatic heterocycles. The van der Waals surface area contributed by atoms with Crippen molar-refractivity contribution in [1.29, 1.82) is 0 Å². The van der Waals surface area contributed by atoms with Gasteiger partial charge in [-0.3, -0.25) is 0 Å². The fraction of sp³-hybridized carbons (Fsp3) is 0. The maximum atomic E-state index is 0. The molecule has 0 amide bonds. The normalized spacial score (nSPS) is 0. The van der Waals surface area contributed by atoms with Gasteiger partial charge in [-0.1, -0.05) is 0 Å². The molecule has 0 rings (SSSR count). The van der Waals surface area contributed by atoms with Crippen LogP contribution < -0.4 is 0 Å². The third-order valence-electron chi connectivity index (χ3n) is 0. The van der Waals surface area contributed by atoms with Gasteiger partial charge in [-0.25, -0.2) is 0 Å². The van der Waals surface area contributed by atoms with Crippen LogP contribution in [-0.4, -0.2) is 0 Å². The predicted molar refractivity (Wildman–Crippen MR) is 0 cm³/mol. The molecule has 0 atom stereocenters. The Morgan fingerprint density at radius 2 is 0.500 bits per heavy atom. The summed E-state index contributed by atoms with van der Waals surface area (Å²) in [6.07, 6.45) is 0. The van der Waals surface area contributed by atoms with Gasteiger partial charge in [0.1, 0.15) is 0 Å². The van der Waals surface area contributed by atoms with Gasteiger partial charge in [0.05, 0.1) is 0 Å². The average molecular weight is 498 g/mol. The molecule has 0 saturated heterocycles. The van der Waals surface area contributed by atoms with Gasteiger partial charge in [-0.05, 0) is 0 Å². The van der Waals surface area contributed by atoms with Crippen LogP contribution in [0.15, 0.2) is 0 Å². The molecule has 0 spiro atoms. The minimum absolute atomic E-state index is 0. The van der Waals surface area contributed by atoms with Gasteiger partial charge in [0, 0.05) is 79.5 Å². The summed E-state index contributed by atoms with van der Waals surface area (Å²) in [6, 6.07) is 0. The van der Waals surface area contributed by atoms with E-state index >= 15 is 0 Å². The predicted octanol–water partition coefficient (Wildman–Crippen LogP) is -0.0100. The van der Waals surface area contributed by atoms with Crippen LogP contribution in [0, 0.1) is 0 Å². The van der Waals surface area contributed by atoms with Crippen LogP contribution in [0.2, 0.25) is 0 Å². The number of hydrogen-bond acceptors (Lipinski definition) is 0. The molecule has 0 heterocycles. The Balaban J connectivity index is 0. The van der Waals surface area contributed by atoms with Crippen molar-refractivity contribution in [3.8, 4) is 0 Å². The van der Waals surface area contributed by atoms with Crippen LogP contribution in [0.25, 0.3) is 0 Å². The molecule has 0 nitrogen and oxygen atoms in total. The first-order valence-corrected chi connectivity index (χ1v) is 0. The van der Waals surface area contributed by atoms with Crippen molar-refractivity contribution in [1.82, 2.24) is 0 Å².